The van der Waals surface area contributed by atoms with Crippen LogP contribution < -0.4 is 5.32 Å². The topological polar surface area (TPSA) is 12.0 Å². The Labute approximate surface area is 110 Å². The smallest absolute Gasteiger partial charge is 0.384 e. The second-order valence-corrected chi connectivity index (χ2v) is 4.87. The summed E-state index contributed by atoms with van der Waals surface area (Å²) in [5.41, 5.74) is -0.341. The van der Waals surface area contributed by atoms with Crippen molar-refractivity contribution in [3.05, 3.63) is 28.8 Å². The summed E-state index contributed by atoms with van der Waals surface area (Å²) in [6, 6.07) is 3.32. The maximum Gasteiger partial charge on any atom is 0.416 e. The first-order chi connectivity index (χ1) is 8.34. The fourth-order valence-electron chi connectivity index (χ4n) is 1.72. The van der Waals surface area contributed by atoms with Crippen molar-refractivity contribution in [3.8, 4) is 0 Å². The average molecular weight is 280 g/mol. The number of hydrogen-bond acceptors (Lipinski definition) is 1. The molecule has 1 atom stereocenters. The molecule has 0 aliphatic heterocycles. The van der Waals surface area contributed by atoms with Gasteiger partial charge >= 0.3 is 6.18 Å². The van der Waals surface area contributed by atoms with Gasteiger partial charge in [0.25, 0.3) is 0 Å². The van der Waals surface area contributed by atoms with E-state index < -0.39 is 11.7 Å². The van der Waals surface area contributed by atoms with Crippen LogP contribution in [0.2, 0.25) is 5.02 Å². The zero-order valence-electron chi connectivity index (χ0n) is 10.4. The van der Waals surface area contributed by atoms with Crippen LogP contribution in [0, 0.1) is 5.92 Å². The minimum Gasteiger partial charge on any atom is -0.384 e. The quantitative estimate of drug-likeness (QED) is 0.780. The Morgan fingerprint density at radius 1 is 1.33 bits per heavy atom. The van der Waals surface area contributed by atoms with Gasteiger partial charge in [-0.05, 0) is 30.5 Å². The van der Waals surface area contributed by atoms with Crippen LogP contribution in [0.15, 0.2) is 18.2 Å². The van der Waals surface area contributed by atoms with Gasteiger partial charge in [-0.15, -0.1) is 0 Å². The maximum absolute atomic E-state index is 12.5. The minimum absolute atomic E-state index is 0.312. The van der Waals surface area contributed by atoms with Gasteiger partial charge in [-0.2, -0.15) is 13.2 Å². The third-order valence-electron chi connectivity index (χ3n) is 2.72. The molecule has 0 aliphatic carbocycles. The number of benzene rings is 1. The molecule has 0 saturated heterocycles. The van der Waals surface area contributed by atoms with Crippen molar-refractivity contribution in [2.45, 2.75) is 32.9 Å². The van der Waals surface area contributed by atoms with Crippen LogP contribution in [0.25, 0.3) is 0 Å². The van der Waals surface area contributed by atoms with Crippen molar-refractivity contribution in [3.63, 3.8) is 0 Å². The predicted molar refractivity (Wildman–Crippen MR) is 69.0 cm³/mol. The van der Waals surface area contributed by atoms with Crippen molar-refractivity contribution < 1.29 is 13.2 Å². The molecule has 0 amide bonds. The van der Waals surface area contributed by atoms with Gasteiger partial charge in [0, 0.05) is 6.54 Å². The summed E-state index contributed by atoms with van der Waals surface area (Å²) in [5.74, 6) is 0.403. The molecule has 1 aromatic carbocycles. The maximum atomic E-state index is 12.5. The van der Waals surface area contributed by atoms with Crippen molar-refractivity contribution >= 4 is 17.3 Å². The predicted octanol–water partition coefficient (Wildman–Crippen LogP) is 5.21. The average Bonchev–Trinajstić information content (AvgIpc) is 2.26. The molecule has 0 radical (unpaired) electrons. The van der Waals surface area contributed by atoms with E-state index in [4.69, 9.17) is 11.6 Å². The van der Waals surface area contributed by atoms with E-state index in [1.807, 2.05) is 0 Å². The summed E-state index contributed by atoms with van der Waals surface area (Å²) in [7, 11) is 0. The number of alkyl halides is 3. The van der Waals surface area contributed by atoms with Gasteiger partial charge in [-0.3, -0.25) is 0 Å². The zero-order chi connectivity index (χ0) is 13.8. The van der Waals surface area contributed by atoms with Crippen LogP contribution in [-0.2, 0) is 6.18 Å². The van der Waals surface area contributed by atoms with Crippen LogP contribution in [0.1, 0.15) is 32.3 Å². The van der Waals surface area contributed by atoms with Crippen molar-refractivity contribution in [1.82, 2.24) is 0 Å². The van der Waals surface area contributed by atoms with Crippen LogP contribution >= 0.6 is 11.6 Å². The molecule has 1 nitrogen and oxygen atoms in total. The van der Waals surface area contributed by atoms with E-state index in [9.17, 15) is 13.2 Å². The van der Waals surface area contributed by atoms with Crippen molar-refractivity contribution in [1.29, 1.82) is 0 Å². The first-order valence-corrected chi connectivity index (χ1v) is 6.33. The molecular weight excluding hydrogens is 263 g/mol. The summed E-state index contributed by atoms with van der Waals surface area (Å²) in [5, 5.41) is 3.29. The minimum atomic E-state index is -4.34. The molecule has 1 rings (SSSR count). The molecule has 0 spiro atoms. The van der Waals surface area contributed by atoms with Gasteiger partial charge in [-0.1, -0.05) is 31.9 Å². The summed E-state index contributed by atoms with van der Waals surface area (Å²) in [4.78, 5) is 0. The molecule has 0 bridgehead atoms. The lowest BCUT2D eigenvalue weighted by Gasteiger charge is -2.15. The van der Waals surface area contributed by atoms with Crippen LogP contribution in [0.4, 0.5) is 18.9 Å². The monoisotopic (exact) mass is 279 g/mol. The number of hydrogen-bond donors (Lipinski definition) is 1. The lowest BCUT2D eigenvalue weighted by atomic mass is 10.1. The number of halogens is 4. The molecule has 0 heterocycles. The van der Waals surface area contributed by atoms with Crippen LogP contribution in [0.5, 0.6) is 0 Å². The molecule has 1 aromatic rings. The SMILES string of the molecule is CCCC(C)CNc1cc(C(F)(F)F)ccc1Cl. The standard InChI is InChI=1S/C13H17ClF3N/c1-3-4-9(2)8-18-12-7-10(13(15,16)17)5-6-11(12)14/h5-7,9,18H,3-4,8H2,1-2H3. The molecular formula is C13H17ClF3N. The van der Waals surface area contributed by atoms with E-state index in [1.54, 1.807) is 0 Å². The van der Waals surface area contributed by atoms with Crippen LogP contribution in [0.3, 0.4) is 0 Å². The fourth-order valence-corrected chi connectivity index (χ4v) is 1.90. The van der Waals surface area contributed by atoms with E-state index in [0.29, 0.717) is 23.2 Å². The Bertz CT molecular complexity index is 390. The third-order valence-corrected chi connectivity index (χ3v) is 3.05. The van der Waals surface area contributed by atoms with E-state index >= 15 is 0 Å². The fraction of sp³-hybridized carbons (Fsp3) is 0.538. The van der Waals surface area contributed by atoms with E-state index in [0.717, 1.165) is 25.0 Å². The molecule has 18 heavy (non-hydrogen) atoms. The van der Waals surface area contributed by atoms with E-state index in [2.05, 4.69) is 19.2 Å². The first-order valence-electron chi connectivity index (χ1n) is 5.95. The Morgan fingerprint density at radius 2 is 2.00 bits per heavy atom. The van der Waals surface area contributed by atoms with E-state index in [1.165, 1.54) is 6.07 Å². The number of anilines is 1. The van der Waals surface area contributed by atoms with Gasteiger partial charge in [0.05, 0.1) is 16.3 Å². The zero-order valence-corrected chi connectivity index (χ0v) is 11.2. The summed E-state index contributed by atoms with van der Waals surface area (Å²) < 4.78 is 37.6. The van der Waals surface area contributed by atoms with Gasteiger partial charge in [0.15, 0.2) is 0 Å². The highest BCUT2D eigenvalue weighted by Crippen LogP contribution is 2.33. The van der Waals surface area contributed by atoms with Crippen molar-refractivity contribution in [2.24, 2.45) is 5.92 Å². The Balaban J connectivity index is 2.76. The lowest BCUT2D eigenvalue weighted by Crippen LogP contribution is -2.12. The summed E-state index contributed by atoms with van der Waals surface area (Å²) in [6.07, 6.45) is -2.25. The molecule has 0 fully saturated rings. The molecule has 0 saturated carbocycles. The highest BCUT2D eigenvalue weighted by molar-refractivity contribution is 6.33. The largest absolute Gasteiger partial charge is 0.416 e. The lowest BCUT2D eigenvalue weighted by molar-refractivity contribution is -0.137. The third kappa shape index (κ3) is 4.41. The molecule has 0 aromatic heterocycles. The Kier molecular flexibility index (Phi) is 5.32. The molecule has 102 valence electrons. The Hall–Kier alpha value is -0.900. The normalized spacial score (nSPS) is 13.4. The van der Waals surface area contributed by atoms with Crippen molar-refractivity contribution in [2.75, 3.05) is 11.9 Å². The molecule has 5 heteroatoms. The highest BCUT2D eigenvalue weighted by Gasteiger charge is 2.30. The van der Waals surface area contributed by atoms with Gasteiger partial charge in [0.1, 0.15) is 0 Å². The number of rotatable bonds is 5. The van der Waals surface area contributed by atoms with Gasteiger partial charge in [-0.25, -0.2) is 0 Å². The Morgan fingerprint density at radius 3 is 2.56 bits per heavy atom. The molecule has 0 aliphatic rings. The van der Waals surface area contributed by atoms with Gasteiger partial charge < -0.3 is 5.32 Å². The molecule has 1 N–H and O–H groups in total. The number of nitrogens with one attached hydrogen (secondary N) is 1. The van der Waals surface area contributed by atoms with Gasteiger partial charge in [0.2, 0.25) is 0 Å². The molecule has 1 unspecified atom stereocenters. The van der Waals surface area contributed by atoms with Crippen LogP contribution in [-0.4, -0.2) is 6.54 Å². The summed E-state index contributed by atoms with van der Waals surface area (Å²) in [6.45, 7) is 4.75. The first kappa shape index (κ1) is 15.2. The second kappa shape index (κ2) is 6.32. The summed E-state index contributed by atoms with van der Waals surface area (Å²) >= 11 is 5.88. The highest BCUT2D eigenvalue weighted by atomic mass is 35.5. The second-order valence-electron chi connectivity index (χ2n) is 4.47. The van der Waals surface area contributed by atoms with E-state index in [-0.39, 0.29) is 0 Å².